The van der Waals surface area contributed by atoms with Crippen LogP contribution in [0.15, 0.2) is 24.3 Å². The van der Waals surface area contributed by atoms with E-state index in [1.165, 1.54) is 5.57 Å². The van der Waals surface area contributed by atoms with E-state index < -0.39 is 4.32 Å². The van der Waals surface area contributed by atoms with Gasteiger partial charge < -0.3 is 9.64 Å². The van der Waals surface area contributed by atoms with Gasteiger partial charge in [-0.15, -0.1) is 0 Å². The van der Waals surface area contributed by atoms with Crippen LogP contribution in [0.4, 0.5) is 5.69 Å². The molecule has 0 N–H and O–H groups in total. The molecule has 0 atom stereocenters. The maximum Gasteiger partial charge on any atom is 0.244 e. The Morgan fingerprint density at radius 1 is 1.33 bits per heavy atom. The van der Waals surface area contributed by atoms with E-state index in [-0.39, 0.29) is 11.4 Å². The van der Waals surface area contributed by atoms with Gasteiger partial charge in [-0.05, 0) is 52.3 Å². The molecule has 0 spiro atoms. The molecule has 0 unspecified atom stereocenters. The lowest BCUT2D eigenvalue weighted by Gasteiger charge is -2.43. The van der Waals surface area contributed by atoms with E-state index in [1.54, 1.807) is 7.11 Å². The van der Waals surface area contributed by atoms with Crippen molar-refractivity contribution in [1.82, 2.24) is 0 Å². The summed E-state index contributed by atoms with van der Waals surface area (Å²) in [5.74, 6) is 0.787. The maximum absolute atomic E-state index is 12.9. The van der Waals surface area contributed by atoms with Gasteiger partial charge in [-0.3, -0.25) is 4.79 Å². The molecule has 114 valence electrons. The molecule has 0 fully saturated rings. The SMILES string of the molecule is COc1ccc2c(c1)N(C(=O)C(C)(C)Br)C(C)(C)C=C2C. The number of rotatable bonds is 2. The smallest absolute Gasteiger partial charge is 0.244 e. The molecule has 0 saturated heterocycles. The summed E-state index contributed by atoms with van der Waals surface area (Å²) < 4.78 is 4.71. The molecular formula is C17H22BrNO2. The fourth-order valence-corrected chi connectivity index (χ4v) is 2.95. The molecule has 1 amide bonds. The predicted octanol–water partition coefficient (Wildman–Crippen LogP) is 4.40. The van der Waals surface area contributed by atoms with Gasteiger partial charge in [0.2, 0.25) is 5.91 Å². The summed E-state index contributed by atoms with van der Waals surface area (Å²) in [6.07, 6.45) is 2.14. The number of methoxy groups -OCH3 is 1. The molecule has 0 bridgehead atoms. The number of amides is 1. The number of fused-ring (bicyclic) bond motifs is 1. The predicted molar refractivity (Wildman–Crippen MR) is 91.2 cm³/mol. The van der Waals surface area contributed by atoms with E-state index in [0.717, 1.165) is 17.0 Å². The monoisotopic (exact) mass is 351 g/mol. The van der Waals surface area contributed by atoms with E-state index in [4.69, 9.17) is 4.74 Å². The van der Waals surface area contributed by atoms with Crippen molar-refractivity contribution < 1.29 is 9.53 Å². The van der Waals surface area contributed by atoms with E-state index in [1.807, 2.05) is 36.9 Å². The minimum absolute atomic E-state index is 0.0331. The number of alkyl halides is 1. The van der Waals surface area contributed by atoms with E-state index in [0.29, 0.717) is 0 Å². The average Bonchev–Trinajstić information content (AvgIpc) is 2.35. The van der Waals surface area contributed by atoms with Crippen LogP contribution in [0, 0.1) is 0 Å². The second-order valence-corrected chi connectivity index (χ2v) is 8.46. The summed E-state index contributed by atoms with van der Waals surface area (Å²) >= 11 is 3.49. The zero-order chi connectivity index (χ0) is 16.0. The Kier molecular flexibility index (Phi) is 3.96. The van der Waals surface area contributed by atoms with Crippen molar-refractivity contribution in [1.29, 1.82) is 0 Å². The zero-order valence-corrected chi connectivity index (χ0v) is 15.0. The van der Waals surface area contributed by atoms with Crippen LogP contribution in [0.5, 0.6) is 5.75 Å². The lowest BCUT2D eigenvalue weighted by molar-refractivity contribution is -0.120. The van der Waals surface area contributed by atoms with Crippen LogP contribution in [0.1, 0.15) is 40.2 Å². The molecule has 4 heteroatoms. The molecule has 2 rings (SSSR count). The minimum atomic E-state index is -0.621. The Morgan fingerprint density at radius 2 is 1.95 bits per heavy atom. The molecule has 0 aromatic heterocycles. The molecule has 0 radical (unpaired) electrons. The van der Waals surface area contributed by atoms with Crippen LogP contribution in [0.2, 0.25) is 0 Å². The third-order valence-corrected chi connectivity index (χ3v) is 4.07. The Bertz CT molecular complexity index is 612. The van der Waals surface area contributed by atoms with Gasteiger partial charge in [-0.1, -0.05) is 22.0 Å². The van der Waals surface area contributed by atoms with Gasteiger partial charge in [0.25, 0.3) is 0 Å². The van der Waals surface area contributed by atoms with Crippen molar-refractivity contribution in [2.24, 2.45) is 0 Å². The Morgan fingerprint density at radius 3 is 2.48 bits per heavy atom. The summed E-state index contributed by atoms with van der Waals surface area (Å²) in [7, 11) is 1.64. The number of allylic oxidation sites excluding steroid dienone is 1. The van der Waals surface area contributed by atoms with Crippen LogP contribution >= 0.6 is 15.9 Å². The summed E-state index contributed by atoms with van der Waals surface area (Å²) in [6.45, 7) is 9.92. The largest absolute Gasteiger partial charge is 0.497 e. The van der Waals surface area contributed by atoms with Gasteiger partial charge in [-0.2, -0.15) is 0 Å². The molecule has 1 aliphatic rings. The molecule has 1 aromatic carbocycles. The van der Waals surface area contributed by atoms with Gasteiger partial charge >= 0.3 is 0 Å². The fraction of sp³-hybridized carbons (Fsp3) is 0.471. The number of halogens is 1. The van der Waals surface area contributed by atoms with Crippen molar-refractivity contribution in [2.75, 3.05) is 12.0 Å². The third-order valence-electron chi connectivity index (χ3n) is 3.73. The topological polar surface area (TPSA) is 29.5 Å². The molecule has 1 aliphatic heterocycles. The number of hydrogen-bond donors (Lipinski definition) is 0. The van der Waals surface area contributed by atoms with Crippen molar-refractivity contribution >= 4 is 33.1 Å². The third kappa shape index (κ3) is 2.86. The lowest BCUT2D eigenvalue weighted by atomic mass is 9.87. The first kappa shape index (κ1) is 16.1. The number of carbonyl (C=O) groups is 1. The molecule has 1 aromatic rings. The highest BCUT2D eigenvalue weighted by Gasteiger charge is 2.41. The highest BCUT2D eigenvalue weighted by molar-refractivity contribution is 9.10. The van der Waals surface area contributed by atoms with Crippen molar-refractivity contribution in [3.8, 4) is 5.75 Å². The van der Waals surface area contributed by atoms with Crippen LogP contribution in [-0.4, -0.2) is 22.9 Å². The number of carbonyl (C=O) groups excluding carboxylic acids is 1. The molecular weight excluding hydrogens is 330 g/mol. The zero-order valence-electron chi connectivity index (χ0n) is 13.5. The van der Waals surface area contributed by atoms with Gasteiger partial charge in [0.15, 0.2) is 0 Å². The van der Waals surface area contributed by atoms with Crippen LogP contribution in [0.3, 0.4) is 0 Å². The second-order valence-electron chi connectivity index (χ2n) is 6.48. The lowest BCUT2D eigenvalue weighted by Crippen LogP contribution is -2.54. The highest BCUT2D eigenvalue weighted by Crippen LogP contribution is 2.42. The number of nitrogens with zero attached hydrogens (tertiary/aromatic N) is 1. The first-order valence-corrected chi connectivity index (χ1v) is 7.78. The number of benzene rings is 1. The quantitative estimate of drug-likeness (QED) is 0.739. The van der Waals surface area contributed by atoms with Gasteiger partial charge in [0.05, 0.1) is 22.7 Å². The second kappa shape index (κ2) is 5.16. The van der Waals surface area contributed by atoms with Crippen LogP contribution in [-0.2, 0) is 4.79 Å². The molecule has 0 aliphatic carbocycles. The number of ether oxygens (including phenoxy) is 1. The van der Waals surface area contributed by atoms with Gasteiger partial charge in [0, 0.05) is 11.6 Å². The standard InChI is InChI=1S/C17H22BrNO2/c1-11-10-16(2,3)19(15(20)17(4,5)18)14-9-12(21-6)7-8-13(11)14/h7-10H,1-6H3. The summed E-state index contributed by atoms with van der Waals surface area (Å²) in [5.41, 5.74) is 2.76. The van der Waals surface area contributed by atoms with E-state index in [2.05, 4.69) is 42.8 Å². The Balaban J connectivity index is 2.67. The fourth-order valence-electron chi connectivity index (χ4n) is 2.78. The number of anilines is 1. The maximum atomic E-state index is 12.9. The molecule has 21 heavy (non-hydrogen) atoms. The van der Waals surface area contributed by atoms with Crippen molar-refractivity contribution in [3.63, 3.8) is 0 Å². The minimum Gasteiger partial charge on any atom is -0.497 e. The normalized spacial score (nSPS) is 17.1. The first-order valence-electron chi connectivity index (χ1n) is 6.99. The van der Waals surface area contributed by atoms with E-state index in [9.17, 15) is 4.79 Å². The van der Waals surface area contributed by atoms with Gasteiger partial charge in [-0.25, -0.2) is 0 Å². The summed E-state index contributed by atoms with van der Waals surface area (Å²) in [6, 6.07) is 5.87. The van der Waals surface area contributed by atoms with Crippen LogP contribution in [0.25, 0.3) is 5.57 Å². The molecule has 3 nitrogen and oxygen atoms in total. The van der Waals surface area contributed by atoms with Gasteiger partial charge in [0.1, 0.15) is 5.75 Å². The van der Waals surface area contributed by atoms with Crippen molar-refractivity contribution in [2.45, 2.75) is 44.5 Å². The Hall–Kier alpha value is -1.29. The number of hydrogen-bond acceptors (Lipinski definition) is 2. The summed E-state index contributed by atoms with van der Waals surface area (Å²) in [4.78, 5) is 14.8. The molecule has 1 heterocycles. The van der Waals surface area contributed by atoms with E-state index >= 15 is 0 Å². The summed E-state index contributed by atoms with van der Waals surface area (Å²) in [5, 5.41) is 0. The van der Waals surface area contributed by atoms with Crippen molar-refractivity contribution in [3.05, 3.63) is 29.8 Å². The molecule has 0 saturated carbocycles. The average molecular weight is 352 g/mol. The van der Waals surface area contributed by atoms with Crippen LogP contribution < -0.4 is 9.64 Å². The highest BCUT2D eigenvalue weighted by atomic mass is 79.9. The first-order chi connectivity index (χ1) is 9.58. The Labute approximate surface area is 135 Å².